The predicted molar refractivity (Wildman–Crippen MR) is 78.4 cm³/mol. The first-order chi connectivity index (χ1) is 9.74. The molecule has 2 saturated carbocycles. The van der Waals surface area contributed by atoms with Crippen LogP contribution in [0.15, 0.2) is 0 Å². The number of ether oxygens (including phenoxy) is 1. The summed E-state index contributed by atoms with van der Waals surface area (Å²) in [5, 5.41) is 0. The van der Waals surface area contributed by atoms with Crippen molar-refractivity contribution in [1.29, 1.82) is 0 Å². The van der Waals surface area contributed by atoms with E-state index in [0.717, 1.165) is 44.4 Å². The Morgan fingerprint density at radius 1 is 0.900 bits per heavy atom. The second-order valence-electron chi connectivity index (χ2n) is 6.51. The second-order valence-corrected chi connectivity index (χ2v) is 6.51. The van der Waals surface area contributed by atoms with Crippen LogP contribution >= 0.6 is 0 Å². The largest absolute Gasteiger partial charge is 0.462 e. The number of rotatable bonds is 7. The lowest BCUT2D eigenvalue weighted by Crippen LogP contribution is -2.22. The van der Waals surface area contributed by atoms with Gasteiger partial charge in [0, 0.05) is 6.42 Å². The maximum atomic E-state index is 11.8. The van der Waals surface area contributed by atoms with Crippen LogP contribution in [0.1, 0.15) is 83.5 Å². The Balaban J connectivity index is 1.54. The van der Waals surface area contributed by atoms with Crippen molar-refractivity contribution in [3.63, 3.8) is 0 Å². The van der Waals surface area contributed by atoms with Crippen molar-refractivity contribution in [2.24, 2.45) is 5.92 Å². The molecule has 0 unspecified atom stereocenters. The van der Waals surface area contributed by atoms with Crippen molar-refractivity contribution in [2.75, 3.05) is 0 Å². The Morgan fingerprint density at radius 3 is 2.25 bits per heavy atom. The van der Waals surface area contributed by atoms with Gasteiger partial charge in [-0.15, -0.1) is 0 Å². The highest BCUT2D eigenvalue weighted by atomic mass is 16.5. The molecule has 3 heteroatoms. The molecule has 114 valence electrons. The van der Waals surface area contributed by atoms with E-state index in [1.54, 1.807) is 0 Å². The number of hydrogen-bond donors (Lipinski definition) is 0. The number of carbonyl (C=O) groups excluding carboxylic acids is 2. The Labute approximate surface area is 122 Å². The zero-order valence-electron chi connectivity index (χ0n) is 12.6. The van der Waals surface area contributed by atoms with Gasteiger partial charge in [-0.2, -0.15) is 0 Å². The second kappa shape index (κ2) is 8.43. The van der Waals surface area contributed by atoms with Gasteiger partial charge in [0.2, 0.25) is 0 Å². The molecule has 0 heterocycles. The molecule has 2 fully saturated rings. The third kappa shape index (κ3) is 5.64. The minimum Gasteiger partial charge on any atom is -0.462 e. The van der Waals surface area contributed by atoms with Gasteiger partial charge in [-0.1, -0.05) is 38.5 Å². The summed E-state index contributed by atoms with van der Waals surface area (Å²) >= 11 is 0. The van der Waals surface area contributed by atoms with Gasteiger partial charge in [0.1, 0.15) is 18.3 Å². The fourth-order valence-corrected chi connectivity index (χ4v) is 3.55. The van der Waals surface area contributed by atoms with E-state index in [0.29, 0.717) is 6.42 Å². The van der Waals surface area contributed by atoms with Gasteiger partial charge in [0.15, 0.2) is 0 Å². The van der Waals surface area contributed by atoms with E-state index in [-0.39, 0.29) is 24.3 Å². The summed E-state index contributed by atoms with van der Waals surface area (Å²) in [7, 11) is 0. The maximum Gasteiger partial charge on any atom is 0.313 e. The number of esters is 1. The Morgan fingerprint density at radius 2 is 1.55 bits per heavy atom. The van der Waals surface area contributed by atoms with E-state index in [1.807, 2.05) is 0 Å². The molecular weight excluding hydrogens is 252 g/mol. The molecule has 3 nitrogen and oxygen atoms in total. The van der Waals surface area contributed by atoms with E-state index in [1.165, 1.54) is 32.1 Å². The van der Waals surface area contributed by atoms with Gasteiger partial charge >= 0.3 is 5.97 Å². The average molecular weight is 280 g/mol. The van der Waals surface area contributed by atoms with Crippen LogP contribution < -0.4 is 0 Å². The maximum absolute atomic E-state index is 11.8. The van der Waals surface area contributed by atoms with Crippen LogP contribution in [0, 0.1) is 5.92 Å². The van der Waals surface area contributed by atoms with Crippen LogP contribution in [0.5, 0.6) is 0 Å². The SMILES string of the molecule is O=C(CCCC1CCCC1)CC(=O)OC1CCCCC1. The van der Waals surface area contributed by atoms with Crippen molar-refractivity contribution >= 4 is 11.8 Å². The van der Waals surface area contributed by atoms with Gasteiger partial charge in [0.05, 0.1) is 0 Å². The smallest absolute Gasteiger partial charge is 0.313 e. The van der Waals surface area contributed by atoms with Gasteiger partial charge in [-0.3, -0.25) is 9.59 Å². The van der Waals surface area contributed by atoms with Crippen LogP contribution in [0.4, 0.5) is 0 Å². The van der Waals surface area contributed by atoms with E-state index in [4.69, 9.17) is 4.74 Å². The molecule has 0 saturated heterocycles. The van der Waals surface area contributed by atoms with Crippen LogP contribution in [0.25, 0.3) is 0 Å². The topological polar surface area (TPSA) is 43.4 Å². The van der Waals surface area contributed by atoms with Gasteiger partial charge in [-0.05, 0) is 38.0 Å². The lowest BCUT2D eigenvalue weighted by molar-refractivity contribution is -0.152. The molecule has 0 amide bonds. The molecule has 0 aliphatic heterocycles. The van der Waals surface area contributed by atoms with Crippen LogP contribution in [-0.4, -0.2) is 17.9 Å². The highest BCUT2D eigenvalue weighted by Crippen LogP contribution is 2.29. The minimum atomic E-state index is -0.303. The van der Waals surface area contributed by atoms with E-state index in [9.17, 15) is 9.59 Å². The lowest BCUT2D eigenvalue weighted by atomic mass is 9.97. The molecule has 0 N–H and O–H groups in total. The molecule has 2 rings (SSSR count). The molecule has 20 heavy (non-hydrogen) atoms. The predicted octanol–water partition coefficient (Wildman–Crippen LogP) is 4.18. The first-order valence-electron chi connectivity index (χ1n) is 8.45. The third-order valence-electron chi connectivity index (χ3n) is 4.73. The normalized spacial score (nSPS) is 21.0. The summed E-state index contributed by atoms with van der Waals surface area (Å²) in [4.78, 5) is 23.5. The van der Waals surface area contributed by atoms with Crippen molar-refractivity contribution in [3.05, 3.63) is 0 Å². The van der Waals surface area contributed by atoms with Crippen molar-refractivity contribution in [3.8, 4) is 0 Å². The molecule has 0 atom stereocenters. The van der Waals surface area contributed by atoms with Crippen LogP contribution in [-0.2, 0) is 14.3 Å². The minimum absolute atomic E-state index is 0.0127. The summed E-state index contributed by atoms with van der Waals surface area (Å²) in [6, 6.07) is 0. The molecule has 0 radical (unpaired) electrons. The Kier molecular flexibility index (Phi) is 6.55. The van der Waals surface area contributed by atoms with E-state index in [2.05, 4.69) is 0 Å². The molecule has 0 bridgehead atoms. The fourth-order valence-electron chi connectivity index (χ4n) is 3.55. The Hall–Kier alpha value is -0.860. The number of Topliss-reactive ketones (excluding diaryl/α,β-unsaturated/α-hetero) is 1. The molecule has 0 aromatic rings. The highest BCUT2D eigenvalue weighted by Gasteiger charge is 2.20. The zero-order chi connectivity index (χ0) is 14.2. The summed E-state index contributed by atoms with van der Waals surface area (Å²) in [5.74, 6) is 0.587. The van der Waals surface area contributed by atoms with E-state index < -0.39 is 0 Å². The summed E-state index contributed by atoms with van der Waals surface area (Å²) in [6.07, 6.45) is 13.6. The molecule has 0 spiro atoms. The number of ketones is 1. The lowest BCUT2D eigenvalue weighted by Gasteiger charge is -2.21. The first kappa shape index (κ1) is 15.5. The summed E-state index contributed by atoms with van der Waals surface area (Å²) in [5.41, 5.74) is 0. The van der Waals surface area contributed by atoms with Crippen molar-refractivity contribution in [1.82, 2.24) is 0 Å². The Bertz CT molecular complexity index is 312. The first-order valence-corrected chi connectivity index (χ1v) is 8.45. The van der Waals surface area contributed by atoms with E-state index >= 15 is 0 Å². The standard InChI is InChI=1S/C17H28O3/c18-15(10-6-9-14-7-4-5-8-14)13-17(19)20-16-11-2-1-3-12-16/h14,16H,1-13H2. The molecular formula is C17H28O3. The van der Waals surface area contributed by atoms with Gasteiger partial charge in [-0.25, -0.2) is 0 Å². The van der Waals surface area contributed by atoms with Crippen LogP contribution in [0.2, 0.25) is 0 Å². The average Bonchev–Trinajstić information content (AvgIpc) is 2.93. The molecule has 2 aliphatic carbocycles. The van der Waals surface area contributed by atoms with Gasteiger partial charge in [0.25, 0.3) is 0 Å². The third-order valence-corrected chi connectivity index (χ3v) is 4.73. The monoisotopic (exact) mass is 280 g/mol. The van der Waals surface area contributed by atoms with Gasteiger partial charge < -0.3 is 4.74 Å². The summed E-state index contributed by atoms with van der Waals surface area (Å²) < 4.78 is 5.38. The fraction of sp³-hybridized carbons (Fsp3) is 0.882. The zero-order valence-corrected chi connectivity index (χ0v) is 12.6. The van der Waals surface area contributed by atoms with Crippen molar-refractivity contribution in [2.45, 2.75) is 89.6 Å². The number of carbonyl (C=O) groups is 2. The quantitative estimate of drug-likeness (QED) is 0.519. The molecule has 0 aromatic heterocycles. The number of hydrogen-bond acceptors (Lipinski definition) is 3. The molecule has 2 aliphatic rings. The summed E-state index contributed by atoms with van der Waals surface area (Å²) in [6.45, 7) is 0. The van der Waals surface area contributed by atoms with Crippen molar-refractivity contribution < 1.29 is 14.3 Å². The molecule has 0 aromatic carbocycles. The highest BCUT2D eigenvalue weighted by molar-refractivity contribution is 5.95. The van der Waals surface area contributed by atoms with Crippen LogP contribution in [0.3, 0.4) is 0 Å².